The lowest BCUT2D eigenvalue weighted by Crippen LogP contribution is -2.19. The number of fused-ring (bicyclic) bond motifs is 1. The van der Waals surface area contributed by atoms with Gasteiger partial charge in [0.2, 0.25) is 5.91 Å². The van der Waals surface area contributed by atoms with Gasteiger partial charge in [0.25, 0.3) is 0 Å². The highest BCUT2D eigenvalue weighted by Gasteiger charge is 2.15. The van der Waals surface area contributed by atoms with Crippen molar-refractivity contribution >= 4 is 39.8 Å². The first kappa shape index (κ1) is 17.3. The van der Waals surface area contributed by atoms with Gasteiger partial charge in [-0.15, -0.1) is 5.10 Å². The molecule has 1 amide bonds. The first-order valence-corrected chi connectivity index (χ1v) is 9.50. The molecule has 1 saturated heterocycles. The molecule has 1 aliphatic rings. The van der Waals surface area contributed by atoms with Crippen molar-refractivity contribution < 1.29 is 9.53 Å². The lowest BCUT2D eigenvalue weighted by Gasteiger charge is -2.09. The van der Waals surface area contributed by atoms with Crippen LogP contribution in [0.3, 0.4) is 0 Å². The van der Waals surface area contributed by atoms with Crippen LogP contribution in [0.1, 0.15) is 11.1 Å². The number of carbonyl (C=O) groups is 1. The minimum atomic E-state index is -0.0437. The summed E-state index contributed by atoms with van der Waals surface area (Å²) >= 11 is 1.35. The molecule has 0 saturated carbocycles. The Morgan fingerprint density at radius 3 is 2.81 bits per heavy atom. The molecule has 4 rings (SSSR count). The largest absolute Gasteiger partial charge is 0.489 e. The second kappa shape index (κ2) is 8.05. The second-order valence-corrected chi connectivity index (χ2v) is 6.95. The third-order valence-corrected chi connectivity index (χ3v) is 4.94. The van der Waals surface area contributed by atoms with Gasteiger partial charge in [0.1, 0.15) is 12.4 Å². The van der Waals surface area contributed by atoms with E-state index in [0.717, 1.165) is 16.9 Å². The van der Waals surface area contributed by atoms with Crippen molar-refractivity contribution in [2.45, 2.75) is 6.61 Å². The zero-order valence-corrected chi connectivity index (χ0v) is 15.3. The molecule has 134 valence electrons. The van der Waals surface area contributed by atoms with Crippen molar-refractivity contribution in [3.05, 3.63) is 77.9 Å². The average molecular weight is 375 g/mol. The Bertz CT molecular complexity index is 1040. The number of carbonyl (C=O) groups excluding carboxylic acids is 1. The summed E-state index contributed by atoms with van der Waals surface area (Å²) in [4.78, 5) is 11.1. The Kier molecular flexibility index (Phi) is 5.16. The highest BCUT2D eigenvalue weighted by atomic mass is 32.2. The van der Waals surface area contributed by atoms with E-state index in [4.69, 9.17) is 4.74 Å². The summed E-state index contributed by atoms with van der Waals surface area (Å²) in [5.41, 5.74) is 2.02. The number of thioether (sulfide) groups is 1. The lowest BCUT2D eigenvalue weighted by molar-refractivity contribution is -0.116. The Balaban J connectivity index is 1.44. The van der Waals surface area contributed by atoms with Gasteiger partial charge < -0.3 is 10.1 Å². The minimum absolute atomic E-state index is 0.0437. The summed E-state index contributed by atoms with van der Waals surface area (Å²) in [6.45, 7) is 0.493. The predicted octanol–water partition coefficient (Wildman–Crippen LogP) is 3.97. The van der Waals surface area contributed by atoms with E-state index >= 15 is 0 Å². The fraction of sp³-hybridized carbons (Fsp3) is 0.0952. The third kappa shape index (κ3) is 4.35. The Hall–Kier alpha value is -3.12. The maximum absolute atomic E-state index is 11.1. The number of nitrogens with one attached hydrogen (secondary N) is 1. The summed E-state index contributed by atoms with van der Waals surface area (Å²) in [6.07, 6.45) is 1.64. The molecule has 0 radical (unpaired) electrons. The number of hydrogen-bond acceptors (Lipinski definition) is 5. The number of amidine groups is 1. The van der Waals surface area contributed by atoms with Gasteiger partial charge in [-0.2, -0.15) is 5.10 Å². The van der Waals surface area contributed by atoms with Gasteiger partial charge in [-0.25, -0.2) is 0 Å². The monoisotopic (exact) mass is 375 g/mol. The molecule has 0 bridgehead atoms. The van der Waals surface area contributed by atoms with Gasteiger partial charge in [0.15, 0.2) is 5.17 Å². The van der Waals surface area contributed by atoms with Crippen LogP contribution in [0.15, 0.2) is 76.9 Å². The molecule has 1 heterocycles. The van der Waals surface area contributed by atoms with E-state index in [1.54, 1.807) is 6.21 Å². The SMILES string of the molecule is O=C1CSC(=N/N=C\c2cccc(OCc3cccc4ccccc34)c2)N1. The van der Waals surface area contributed by atoms with Crippen LogP contribution in [0.2, 0.25) is 0 Å². The van der Waals surface area contributed by atoms with Crippen LogP contribution in [-0.2, 0) is 11.4 Å². The summed E-state index contributed by atoms with van der Waals surface area (Å²) in [6, 6.07) is 22.2. The first-order valence-electron chi connectivity index (χ1n) is 8.51. The fourth-order valence-electron chi connectivity index (χ4n) is 2.79. The highest BCUT2D eigenvalue weighted by Crippen LogP contribution is 2.21. The van der Waals surface area contributed by atoms with Gasteiger partial charge >= 0.3 is 0 Å². The van der Waals surface area contributed by atoms with E-state index < -0.39 is 0 Å². The number of nitrogens with zero attached hydrogens (tertiary/aromatic N) is 2. The van der Waals surface area contributed by atoms with Crippen molar-refractivity contribution in [2.24, 2.45) is 10.2 Å². The van der Waals surface area contributed by atoms with Crippen molar-refractivity contribution in [3.63, 3.8) is 0 Å². The van der Waals surface area contributed by atoms with E-state index in [1.165, 1.54) is 22.5 Å². The van der Waals surface area contributed by atoms with E-state index in [-0.39, 0.29) is 5.91 Å². The summed E-state index contributed by atoms with van der Waals surface area (Å²) in [7, 11) is 0. The molecule has 1 N–H and O–H groups in total. The van der Waals surface area contributed by atoms with E-state index in [1.807, 2.05) is 42.5 Å². The summed E-state index contributed by atoms with van der Waals surface area (Å²) < 4.78 is 5.98. The van der Waals surface area contributed by atoms with Crippen molar-refractivity contribution in [2.75, 3.05) is 5.75 Å². The zero-order valence-electron chi connectivity index (χ0n) is 14.5. The number of hydrogen-bond donors (Lipinski definition) is 1. The topological polar surface area (TPSA) is 63.0 Å². The molecule has 6 heteroatoms. The van der Waals surface area contributed by atoms with Crippen molar-refractivity contribution in [1.29, 1.82) is 0 Å². The van der Waals surface area contributed by atoms with Crippen LogP contribution in [0.5, 0.6) is 5.75 Å². The third-order valence-electron chi connectivity index (χ3n) is 4.07. The molecule has 1 fully saturated rings. The number of rotatable bonds is 5. The van der Waals surface area contributed by atoms with E-state index in [2.05, 4.69) is 39.8 Å². The summed E-state index contributed by atoms with van der Waals surface area (Å²) in [5.74, 6) is 1.12. The smallest absolute Gasteiger partial charge is 0.236 e. The van der Waals surface area contributed by atoms with Gasteiger partial charge in [-0.3, -0.25) is 4.79 Å². The number of ether oxygens (including phenoxy) is 1. The van der Waals surface area contributed by atoms with Crippen molar-refractivity contribution in [3.8, 4) is 5.75 Å². The lowest BCUT2D eigenvalue weighted by atomic mass is 10.1. The molecule has 0 spiro atoms. The zero-order chi connectivity index (χ0) is 18.5. The minimum Gasteiger partial charge on any atom is -0.489 e. The maximum Gasteiger partial charge on any atom is 0.236 e. The van der Waals surface area contributed by atoms with Crippen molar-refractivity contribution in [1.82, 2.24) is 5.32 Å². The van der Waals surface area contributed by atoms with Gasteiger partial charge in [0, 0.05) is 0 Å². The number of amides is 1. The number of benzene rings is 3. The molecule has 0 atom stereocenters. The summed E-state index contributed by atoms with van der Waals surface area (Å²) in [5, 5.41) is 13.6. The maximum atomic E-state index is 11.1. The fourth-order valence-corrected chi connectivity index (χ4v) is 3.42. The van der Waals surface area contributed by atoms with Crippen LogP contribution < -0.4 is 10.1 Å². The standard InChI is InChI=1S/C21H17N3O2S/c25-20-14-27-21(23-20)24-22-12-15-5-3-9-18(11-15)26-13-17-8-4-7-16-6-1-2-10-19(16)17/h1-12H,13-14H2,(H,23,24,25)/b22-12-. The Labute approximate surface area is 161 Å². The molecule has 27 heavy (non-hydrogen) atoms. The molecular weight excluding hydrogens is 358 g/mol. The van der Waals surface area contributed by atoms with Gasteiger partial charge in [0.05, 0.1) is 12.0 Å². The van der Waals surface area contributed by atoms with Gasteiger partial charge in [-0.05, 0) is 34.0 Å². The molecule has 0 aromatic heterocycles. The quantitative estimate of drug-likeness (QED) is 0.542. The average Bonchev–Trinajstić information content (AvgIpc) is 3.12. The van der Waals surface area contributed by atoms with E-state index in [0.29, 0.717) is 17.5 Å². The normalized spacial score (nSPS) is 15.6. The molecular formula is C21H17N3O2S. The first-order chi connectivity index (χ1) is 13.3. The molecule has 0 aliphatic carbocycles. The highest BCUT2D eigenvalue weighted by molar-refractivity contribution is 8.15. The predicted molar refractivity (Wildman–Crippen MR) is 110 cm³/mol. The molecule has 5 nitrogen and oxygen atoms in total. The Morgan fingerprint density at radius 2 is 1.93 bits per heavy atom. The second-order valence-electron chi connectivity index (χ2n) is 5.99. The van der Waals surface area contributed by atoms with Crippen LogP contribution in [0, 0.1) is 0 Å². The molecule has 3 aromatic carbocycles. The molecule has 1 aliphatic heterocycles. The Morgan fingerprint density at radius 1 is 1.07 bits per heavy atom. The molecule has 0 unspecified atom stereocenters. The van der Waals surface area contributed by atoms with Gasteiger partial charge in [-0.1, -0.05) is 66.4 Å². The van der Waals surface area contributed by atoms with Crippen LogP contribution in [0.25, 0.3) is 10.8 Å². The van der Waals surface area contributed by atoms with E-state index in [9.17, 15) is 4.79 Å². The van der Waals surface area contributed by atoms with Crippen LogP contribution in [0.4, 0.5) is 0 Å². The van der Waals surface area contributed by atoms with Crippen LogP contribution >= 0.6 is 11.8 Å². The molecule has 3 aromatic rings. The van der Waals surface area contributed by atoms with Crippen LogP contribution in [-0.4, -0.2) is 23.0 Å².